The van der Waals surface area contributed by atoms with E-state index in [9.17, 15) is 4.79 Å². The van der Waals surface area contributed by atoms with E-state index in [1.165, 1.54) is 5.56 Å². The number of methoxy groups -OCH3 is 1. The molecule has 0 bridgehead atoms. The Labute approximate surface area is 121 Å². The molecule has 0 spiro atoms. The molecule has 1 amide bonds. The molecule has 0 saturated heterocycles. The van der Waals surface area contributed by atoms with Crippen molar-refractivity contribution in [2.75, 3.05) is 13.7 Å². The van der Waals surface area contributed by atoms with Crippen molar-refractivity contribution in [3.63, 3.8) is 0 Å². The van der Waals surface area contributed by atoms with Gasteiger partial charge in [-0.1, -0.05) is 18.6 Å². The van der Waals surface area contributed by atoms with Crippen LogP contribution in [0.25, 0.3) is 0 Å². The maximum Gasteiger partial charge on any atom is 0.220 e. The topological polar surface area (TPSA) is 64.3 Å². The number of rotatable bonds is 9. The molecule has 0 heterocycles. The number of ether oxygens (including phenoxy) is 1. The molecule has 4 heteroatoms. The average molecular weight is 278 g/mol. The SMILES string of the molecule is COc1ccc(CCCCCC(=O)N[C@@H](C)CN)cc1. The van der Waals surface area contributed by atoms with Crippen molar-refractivity contribution in [3.05, 3.63) is 29.8 Å². The zero-order valence-electron chi connectivity index (χ0n) is 12.5. The van der Waals surface area contributed by atoms with Crippen molar-refractivity contribution in [1.29, 1.82) is 0 Å². The predicted molar refractivity (Wildman–Crippen MR) is 81.8 cm³/mol. The third-order valence-corrected chi connectivity index (χ3v) is 3.29. The van der Waals surface area contributed by atoms with Crippen LogP contribution in [0.15, 0.2) is 24.3 Å². The van der Waals surface area contributed by atoms with Gasteiger partial charge in [0.05, 0.1) is 7.11 Å². The van der Waals surface area contributed by atoms with Gasteiger partial charge in [-0.15, -0.1) is 0 Å². The molecule has 0 radical (unpaired) electrons. The standard InChI is InChI=1S/C16H26N2O2/c1-13(12-17)18-16(19)7-5-3-4-6-14-8-10-15(20-2)11-9-14/h8-11,13H,3-7,12,17H2,1-2H3,(H,18,19)/t13-/m0/s1. The van der Waals surface area contributed by atoms with E-state index in [1.54, 1.807) is 7.11 Å². The summed E-state index contributed by atoms with van der Waals surface area (Å²) >= 11 is 0. The molecule has 0 aliphatic heterocycles. The molecular weight excluding hydrogens is 252 g/mol. The first kappa shape index (κ1) is 16.5. The summed E-state index contributed by atoms with van der Waals surface area (Å²) in [4.78, 5) is 11.5. The number of carbonyl (C=O) groups is 1. The number of carbonyl (C=O) groups excluding carboxylic acids is 1. The Morgan fingerprint density at radius 3 is 2.55 bits per heavy atom. The molecule has 20 heavy (non-hydrogen) atoms. The van der Waals surface area contributed by atoms with Crippen molar-refractivity contribution in [3.8, 4) is 5.75 Å². The minimum atomic E-state index is 0.0711. The highest BCUT2D eigenvalue weighted by atomic mass is 16.5. The largest absolute Gasteiger partial charge is 0.497 e. The van der Waals surface area contributed by atoms with Crippen LogP contribution in [0, 0.1) is 0 Å². The van der Waals surface area contributed by atoms with Gasteiger partial charge in [-0.05, 0) is 43.9 Å². The van der Waals surface area contributed by atoms with Gasteiger partial charge in [-0.2, -0.15) is 0 Å². The minimum Gasteiger partial charge on any atom is -0.497 e. The van der Waals surface area contributed by atoms with Crippen LogP contribution in [0.5, 0.6) is 5.75 Å². The van der Waals surface area contributed by atoms with Crippen LogP contribution in [-0.4, -0.2) is 25.6 Å². The van der Waals surface area contributed by atoms with E-state index >= 15 is 0 Å². The van der Waals surface area contributed by atoms with Crippen molar-refractivity contribution in [2.45, 2.75) is 45.1 Å². The van der Waals surface area contributed by atoms with E-state index in [0.29, 0.717) is 13.0 Å². The smallest absolute Gasteiger partial charge is 0.220 e. The monoisotopic (exact) mass is 278 g/mol. The lowest BCUT2D eigenvalue weighted by molar-refractivity contribution is -0.121. The van der Waals surface area contributed by atoms with Gasteiger partial charge in [0.1, 0.15) is 5.75 Å². The fraction of sp³-hybridized carbons (Fsp3) is 0.562. The molecule has 1 rings (SSSR count). The first-order valence-corrected chi connectivity index (χ1v) is 7.28. The van der Waals surface area contributed by atoms with Crippen LogP contribution in [0.1, 0.15) is 38.2 Å². The van der Waals surface area contributed by atoms with Crippen molar-refractivity contribution < 1.29 is 9.53 Å². The van der Waals surface area contributed by atoms with Crippen LogP contribution < -0.4 is 15.8 Å². The van der Waals surface area contributed by atoms with Crippen LogP contribution in [-0.2, 0) is 11.2 Å². The van der Waals surface area contributed by atoms with E-state index in [-0.39, 0.29) is 11.9 Å². The summed E-state index contributed by atoms with van der Waals surface area (Å²) in [5.74, 6) is 0.992. The highest BCUT2D eigenvalue weighted by molar-refractivity contribution is 5.76. The van der Waals surface area contributed by atoms with Gasteiger partial charge in [-0.25, -0.2) is 0 Å². The highest BCUT2D eigenvalue weighted by Crippen LogP contribution is 2.13. The molecule has 4 nitrogen and oxygen atoms in total. The summed E-state index contributed by atoms with van der Waals surface area (Å²) < 4.78 is 5.13. The maximum atomic E-state index is 11.5. The molecule has 3 N–H and O–H groups in total. The second-order valence-corrected chi connectivity index (χ2v) is 5.11. The molecule has 0 aliphatic carbocycles. The number of nitrogens with one attached hydrogen (secondary N) is 1. The Morgan fingerprint density at radius 1 is 1.25 bits per heavy atom. The van der Waals surface area contributed by atoms with Gasteiger partial charge >= 0.3 is 0 Å². The van der Waals surface area contributed by atoms with E-state index in [1.807, 2.05) is 19.1 Å². The first-order valence-electron chi connectivity index (χ1n) is 7.28. The molecule has 0 aliphatic rings. The molecule has 0 aromatic heterocycles. The summed E-state index contributed by atoms with van der Waals surface area (Å²) in [6, 6.07) is 8.22. The zero-order chi connectivity index (χ0) is 14.8. The summed E-state index contributed by atoms with van der Waals surface area (Å²) in [7, 11) is 1.67. The van der Waals surface area contributed by atoms with Gasteiger partial charge < -0.3 is 15.8 Å². The second kappa shape index (κ2) is 9.37. The average Bonchev–Trinajstić information content (AvgIpc) is 2.47. The summed E-state index contributed by atoms with van der Waals surface area (Å²) in [6.45, 7) is 2.41. The molecule has 0 saturated carbocycles. The van der Waals surface area contributed by atoms with Crippen LogP contribution in [0.4, 0.5) is 0 Å². The minimum absolute atomic E-state index is 0.0711. The maximum absolute atomic E-state index is 11.5. The summed E-state index contributed by atoms with van der Waals surface area (Å²) in [5.41, 5.74) is 6.77. The number of unbranched alkanes of at least 4 members (excludes halogenated alkanes) is 2. The van der Waals surface area contributed by atoms with Gasteiger partial charge in [0.15, 0.2) is 0 Å². The number of aryl methyl sites for hydroxylation is 1. The van der Waals surface area contributed by atoms with Gasteiger partial charge in [-0.3, -0.25) is 4.79 Å². The molecule has 1 aromatic rings. The van der Waals surface area contributed by atoms with Gasteiger partial charge in [0, 0.05) is 19.0 Å². The Balaban J connectivity index is 2.11. The number of hydrogen-bond donors (Lipinski definition) is 2. The number of benzene rings is 1. The first-order chi connectivity index (χ1) is 9.65. The summed E-state index contributed by atoms with van der Waals surface area (Å²) in [6.07, 6.45) is 4.74. The lowest BCUT2D eigenvalue weighted by Gasteiger charge is -2.10. The number of amides is 1. The van der Waals surface area contributed by atoms with Crippen LogP contribution in [0.3, 0.4) is 0 Å². The Bertz CT molecular complexity index is 390. The molecular formula is C16H26N2O2. The predicted octanol–water partition coefficient (Wildman–Crippen LogP) is 2.26. The number of hydrogen-bond acceptors (Lipinski definition) is 3. The van der Waals surface area contributed by atoms with E-state index in [0.717, 1.165) is 31.4 Å². The zero-order valence-corrected chi connectivity index (χ0v) is 12.5. The summed E-state index contributed by atoms with van der Waals surface area (Å²) in [5, 5.41) is 2.87. The van der Waals surface area contributed by atoms with Crippen molar-refractivity contribution in [2.24, 2.45) is 5.73 Å². The van der Waals surface area contributed by atoms with Crippen LogP contribution >= 0.6 is 0 Å². The fourth-order valence-electron chi connectivity index (χ4n) is 1.99. The Hall–Kier alpha value is -1.55. The highest BCUT2D eigenvalue weighted by Gasteiger charge is 2.04. The lowest BCUT2D eigenvalue weighted by atomic mass is 10.1. The van der Waals surface area contributed by atoms with Crippen molar-refractivity contribution in [1.82, 2.24) is 5.32 Å². The van der Waals surface area contributed by atoms with E-state index in [2.05, 4.69) is 17.4 Å². The van der Waals surface area contributed by atoms with E-state index in [4.69, 9.17) is 10.5 Å². The third-order valence-electron chi connectivity index (χ3n) is 3.29. The van der Waals surface area contributed by atoms with Gasteiger partial charge in [0.2, 0.25) is 5.91 Å². The third kappa shape index (κ3) is 6.57. The molecule has 1 aromatic carbocycles. The molecule has 112 valence electrons. The normalized spacial score (nSPS) is 11.9. The molecule has 0 fully saturated rings. The fourth-order valence-corrected chi connectivity index (χ4v) is 1.99. The van der Waals surface area contributed by atoms with Gasteiger partial charge in [0.25, 0.3) is 0 Å². The Morgan fingerprint density at radius 2 is 1.95 bits per heavy atom. The van der Waals surface area contributed by atoms with E-state index < -0.39 is 0 Å². The lowest BCUT2D eigenvalue weighted by Crippen LogP contribution is -2.37. The quantitative estimate of drug-likeness (QED) is 0.681. The van der Waals surface area contributed by atoms with Crippen LogP contribution in [0.2, 0.25) is 0 Å². The molecule has 1 atom stereocenters. The van der Waals surface area contributed by atoms with Crippen molar-refractivity contribution >= 4 is 5.91 Å². The molecule has 0 unspecified atom stereocenters. The second-order valence-electron chi connectivity index (χ2n) is 5.11. The Kier molecular flexibility index (Phi) is 7.73. The number of nitrogens with two attached hydrogens (primary N) is 1.